The SMILES string of the molecule is CSc1ccc(-c2[nH]nc(C#N)c2-c2ccc(CCO)cc2)cc1. The predicted octanol–water partition coefficient (Wildman–Crippen LogP) is 3.87. The first-order valence-corrected chi connectivity index (χ1v) is 8.82. The fourth-order valence-electron chi connectivity index (χ4n) is 2.64. The number of aromatic amines is 1. The Kier molecular flexibility index (Phi) is 4.99. The third kappa shape index (κ3) is 3.21. The van der Waals surface area contributed by atoms with Crippen molar-refractivity contribution in [2.75, 3.05) is 12.9 Å². The number of nitrogens with zero attached hydrogens (tertiary/aromatic N) is 2. The van der Waals surface area contributed by atoms with Gasteiger partial charge in [-0.1, -0.05) is 36.4 Å². The summed E-state index contributed by atoms with van der Waals surface area (Å²) in [7, 11) is 0. The minimum Gasteiger partial charge on any atom is -0.396 e. The highest BCUT2D eigenvalue weighted by Crippen LogP contribution is 2.33. The Morgan fingerprint density at radius 1 is 1.08 bits per heavy atom. The number of hydrogen-bond acceptors (Lipinski definition) is 4. The lowest BCUT2D eigenvalue weighted by molar-refractivity contribution is 0.299. The van der Waals surface area contributed by atoms with Gasteiger partial charge < -0.3 is 5.11 Å². The van der Waals surface area contributed by atoms with Crippen molar-refractivity contribution in [3.05, 3.63) is 59.8 Å². The quantitative estimate of drug-likeness (QED) is 0.694. The van der Waals surface area contributed by atoms with Crippen LogP contribution in [0.1, 0.15) is 11.3 Å². The van der Waals surface area contributed by atoms with E-state index in [4.69, 9.17) is 5.11 Å². The average molecular weight is 335 g/mol. The first-order valence-electron chi connectivity index (χ1n) is 7.60. The molecule has 0 fully saturated rings. The number of hydrogen-bond donors (Lipinski definition) is 2. The summed E-state index contributed by atoms with van der Waals surface area (Å²) in [6.07, 6.45) is 2.66. The Hall–Kier alpha value is -2.55. The van der Waals surface area contributed by atoms with E-state index in [1.54, 1.807) is 11.8 Å². The molecule has 3 aromatic rings. The Bertz CT molecular complexity index is 861. The molecule has 4 nitrogen and oxygen atoms in total. The van der Waals surface area contributed by atoms with Crippen LogP contribution in [-0.2, 0) is 6.42 Å². The van der Waals surface area contributed by atoms with E-state index in [1.165, 1.54) is 4.90 Å². The lowest BCUT2D eigenvalue weighted by Crippen LogP contribution is -1.91. The Labute approximate surface area is 145 Å². The monoisotopic (exact) mass is 335 g/mol. The lowest BCUT2D eigenvalue weighted by atomic mass is 9.98. The summed E-state index contributed by atoms with van der Waals surface area (Å²) in [5, 5.41) is 25.6. The van der Waals surface area contributed by atoms with Gasteiger partial charge in [-0.15, -0.1) is 11.8 Å². The molecule has 0 radical (unpaired) electrons. The summed E-state index contributed by atoms with van der Waals surface area (Å²) in [4.78, 5) is 1.19. The van der Waals surface area contributed by atoms with Gasteiger partial charge in [0.2, 0.25) is 0 Å². The van der Waals surface area contributed by atoms with Gasteiger partial charge in [-0.3, -0.25) is 5.10 Å². The van der Waals surface area contributed by atoms with Crippen molar-refractivity contribution in [1.82, 2.24) is 10.2 Å². The molecule has 0 aliphatic carbocycles. The maximum absolute atomic E-state index is 9.39. The molecule has 0 saturated carbocycles. The summed E-state index contributed by atoms with van der Waals surface area (Å²) in [6, 6.07) is 18.2. The molecule has 0 saturated heterocycles. The third-order valence-corrected chi connectivity index (χ3v) is 4.64. The summed E-state index contributed by atoms with van der Waals surface area (Å²) >= 11 is 1.69. The van der Waals surface area contributed by atoms with Crippen molar-refractivity contribution in [1.29, 1.82) is 5.26 Å². The van der Waals surface area contributed by atoms with E-state index in [0.717, 1.165) is 27.9 Å². The molecular formula is C19H17N3OS. The number of aliphatic hydroxyl groups is 1. The summed E-state index contributed by atoms with van der Waals surface area (Å²) in [5.74, 6) is 0. The third-order valence-electron chi connectivity index (χ3n) is 3.89. The van der Waals surface area contributed by atoms with Crippen LogP contribution in [0.25, 0.3) is 22.4 Å². The van der Waals surface area contributed by atoms with Crippen molar-refractivity contribution >= 4 is 11.8 Å². The van der Waals surface area contributed by atoms with E-state index >= 15 is 0 Å². The smallest absolute Gasteiger partial charge is 0.170 e. The van der Waals surface area contributed by atoms with Crippen LogP contribution in [0.5, 0.6) is 0 Å². The van der Waals surface area contributed by atoms with Crippen LogP contribution in [0.3, 0.4) is 0 Å². The van der Waals surface area contributed by atoms with Gasteiger partial charge in [0.25, 0.3) is 0 Å². The molecule has 2 N–H and O–H groups in total. The predicted molar refractivity (Wildman–Crippen MR) is 96.7 cm³/mol. The number of thioether (sulfide) groups is 1. The number of aliphatic hydroxyl groups excluding tert-OH is 1. The van der Waals surface area contributed by atoms with Crippen molar-refractivity contribution in [2.24, 2.45) is 0 Å². The molecule has 0 unspecified atom stereocenters. The van der Waals surface area contributed by atoms with E-state index in [-0.39, 0.29) is 6.61 Å². The zero-order chi connectivity index (χ0) is 16.9. The van der Waals surface area contributed by atoms with Crippen molar-refractivity contribution in [2.45, 2.75) is 11.3 Å². The van der Waals surface area contributed by atoms with Crippen molar-refractivity contribution < 1.29 is 5.11 Å². The van der Waals surface area contributed by atoms with Gasteiger partial charge in [0.1, 0.15) is 6.07 Å². The zero-order valence-electron chi connectivity index (χ0n) is 13.3. The molecule has 1 aromatic heterocycles. The first kappa shape index (κ1) is 16.3. The van der Waals surface area contributed by atoms with Crippen molar-refractivity contribution in [3.63, 3.8) is 0 Å². The number of H-pyrrole nitrogens is 1. The van der Waals surface area contributed by atoms with E-state index in [1.807, 2.05) is 42.7 Å². The zero-order valence-corrected chi connectivity index (χ0v) is 14.1. The molecule has 24 heavy (non-hydrogen) atoms. The van der Waals surface area contributed by atoms with Crippen LogP contribution in [0.15, 0.2) is 53.4 Å². The highest BCUT2D eigenvalue weighted by molar-refractivity contribution is 7.98. The van der Waals surface area contributed by atoms with Crippen LogP contribution in [0.2, 0.25) is 0 Å². The second-order valence-electron chi connectivity index (χ2n) is 5.33. The van der Waals surface area contributed by atoms with Gasteiger partial charge in [-0.05, 0) is 35.9 Å². The summed E-state index contributed by atoms with van der Waals surface area (Å²) < 4.78 is 0. The molecule has 0 aliphatic heterocycles. The fourth-order valence-corrected chi connectivity index (χ4v) is 3.05. The van der Waals surface area contributed by atoms with Crippen LogP contribution in [-0.4, -0.2) is 28.2 Å². The normalized spacial score (nSPS) is 10.5. The minimum absolute atomic E-state index is 0.127. The number of aromatic nitrogens is 2. The van der Waals surface area contributed by atoms with Crippen molar-refractivity contribution in [3.8, 4) is 28.5 Å². The van der Waals surface area contributed by atoms with E-state index in [9.17, 15) is 5.26 Å². The molecular weight excluding hydrogens is 318 g/mol. The standard InChI is InChI=1S/C19H17N3OS/c1-24-16-8-6-15(7-9-16)19-18(17(12-20)21-22-19)14-4-2-13(3-5-14)10-11-23/h2-9,23H,10-11H2,1H3,(H,21,22). The van der Waals surface area contributed by atoms with Gasteiger partial charge in [0.05, 0.1) is 5.69 Å². The molecule has 0 spiro atoms. The van der Waals surface area contributed by atoms with E-state index in [2.05, 4.69) is 28.4 Å². The largest absolute Gasteiger partial charge is 0.396 e. The van der Waals surface area contributed by atoms with Crippen LogP contribution >= 0.6 is 11.8 Å². The van der Waals surface area contributed by atoms with Crippen LogP contribution in [0.4, 0.5) is 0 Å². The number of benzene rings is 2. The Morgan fingerprint density at radius 2 is 1.75 bits per heavy atom. The number of nitrogens with one attached hydrogen (secondary N) is 1. The minimum atomic E-state index is 0.127. The van der Waals surface area contributed by atoms with Gasteiger partial charge in [-0.25, -0.2) is 0 Å². The average Bonchev–Trinajstić information content (AvgIpc) is 3.07. The van der Waals surface area contributed by atoms with E-state index < -0.39 is 0 Å². The summed E-state index contributed by atoms with van der Waals surface area (Å²) in [6.45, 7) is 0.127. The number of nitriles is 1. The number of rotatable bonds is 5. The lowest BCUT2D eigenvalue weighted by Gasteiger charge is -2.06. The van der Waals surface area contributed by atoms with Gasteiger partial charge >= 0.3 is 0 Å². The second kappa shape index (κ2) is 7.35. The molecule has 0 atom stereocenters. The molecule has 120 valence electrons. The van der Waals surface area contributed by atoms with Crippen LogP contribution < -0.4 is 0 Å². The Balaban J connectivity index is 2.06. The van der Waals surface area contributed by atoms with Crippen LogP contribution in [0, 0.1) is 11.3 Å². The maximum atomic E-state index is 9.39. The fraction of sp³-hybridized carbons (Fsp3) is 0.158. The van der Waals surface area contributed by atoms with E-state index in [0.29, 0.717) is 12.1 Å². The Morgan fingerprint density at radius 3 is 2.33 bits per heavy atom. The van der Waals surface area contributed by atoms with Gasteiger partial charge in [0.15, 0.2) is 5.69 Å². The highest BCUT2D eigenvalue weighted by atomic mass is 32.2. The molecule has 0 aliphatic rings. The molecule has 5 heteroatoms. The van der Waals surface area contributed by atoms with Gasteiger partial charge in [-0.2, -0.15) is 10.4 Å². The molecule has 3 rings (SSSR count). The molecule has 0 bridgehead atoms. The topological polar surface area (TPSA) is 72.7 Å². The highest BCUT2D eigenvalue weighted by Gasteiger charge is 2.16. The van der Waals surface area contributed by atoms with Gasteiger partial charge in [0, 0.05) is 22.6 Å². The first-order chi connectivity index (χ1) is 11.8. The second-order valence-corrected chi connectivity index (χ2v) is 6.21. The maximum Gasteiger partial charge on any atom is 0.170 e. The molecule has 2 aromatic carbocycles. The molecule has 0 amide bonds. The molecule has 1 heterocycles. The summed E-state index contributed by atoms with van der Waals surface area (Å²) in [5.41, 5.74) is 5.03.